The Kier molecular flexibility index (Phi) is 6.67. The summed E-state index contributed by atoms with van der Waals surface area (Å²) in [5, 5.41) is 16.1. The summed E-state index contributed by atoms with van der Waals surface area (Å²) in [6, 6.07) is 13.9. The number of carbonyl (C=O) groups excluding carboxylic acids is 1. The second-order valence-electron chi connectivity index (χ2n) is 7.40. The molecule has 0 spiro atoms. The second kappa shape index (κ2) is 9.81. The molecule has 0 aliphatic carbocycles. The van der Waals surface area contributed by atoms with Gasteiger partial charge in [-0.25, -0.2) is 9.37 Å². The van der Waals surface area contributed by atoms with Crippen LogP contribution >= 0.6 is 11.6 Å². The van der Waals surface area contributed by atoms with Crippen molar-refractivity contribution in [2.24, 2.45) is 0 Å². The fourth-order valence-corrected chi connectivity index (χ4v) is 3.48. The highest BCUT2D eigenvalue weighted by molar-refractivity contribution is 6.30. The van der Waals surface area contributed by atoms with Crippen molar-refractivity contribution in [2.75, 3.05) is 11.9 Å². The first-order valence-corrected chi connectivity index (χ1v) is 10.5. The fraction of sp³-hybridized carbons (Fsp3) is 0.125. The Balaban J connectivity index is 1.52. The summed E-state index contributed by atoms with van der Waals surface area (Å²) in [5.74, 6) is 0.248. The molecule has 2 aromatic carbocycles. The number of amides is 1. The highest BCUT2D eigenvalue weighted by Gasteiger charge is 2.17. The van der Waals surface area contributed by atoms with E-state index in [2.05, 4.69) is 20.6 Å². The summed E-state index contributed by atoms with van der Waals surface area (Å²) in [4.78, 5) is 21.6. The maximum atomic E-state index is 13.1. The zero-order valence-electron chi connectivity index (χ0n) is 17.7. The van der Waals surface area contributed by atoms with Gasteiger partial charge in [-0.1, -0.05) is 23.7 Å². The zero-order chi connectivity index (χ0) is 23.4. The molecule has 9 heteroatoms. The van der Waals surface area contributed by atoms with Gasteiger partial charge in [-0.2, -0.15) is 4.98 Å². The van der Waals surface area contributed by atoms with Crippen molar-refractivity contribution in [1.82, 2.24) is 19.9 Å². The number of hydrogen-bond acceptors (Lipinski definition) is 5. The molecule has 1 unspecified atom stereocenters. The summed E-state index contributed by atoms with van der Waals surface area (Å²) in [7, 11) is 0. The van der Waals surface area contributed by atoms with Crippen LogP contribution < -0.4 is 10.6 Å². The molecule has 4 rings (SSSR count). The molecular formula is C24H21ClFN5O2. The monoisotopic (exact) mass is 465 g/mol. The molecule has 2 heterocycles. The number of carbonyl (C=O) groups is 1. The predicted octanol–water partition coefficient (Wildman–Crippen LogP) is 4.58. The molecule has 0 fully saturated rings. The average Bonchev–Trinajstić information content (AvgIpc) is 3.30. The molecule has 1 amide bonds. The van der Waals surface area contributed by atoms with Crippen molar-refractivity contribution < 1.29 is 14.3 Å². The van der Waals surface area contributed by atoms with Crippen LogP contribution in [0.25, 0.3) is 5.82 Å². The van der Waals surface area contributed by atoms with Gasteiger partial charge in [0.25, 0.3) is 5.91 Å². The van der Waals surface area contributed by atoms with E-state index in [1.54, 1.807) is 65.6 Å². The predicted molar refractivity (Wildman–Crippen MR) is 125 cm³/mol. The maximum absolute atomic E-state index is 13.1. The third-order valence-electron chi connectivity index (χ3n) is 4.98. The lowest BCUT2D eigenvalue weighted by atomic mass is 10.1. The van der Waals surface area contributed by atoms with E-state index in [1.165, 1.54) is 12.1 Å². The van der Waals surface area contributed by atoms with Crippen molar-refractivity contribution in [3.8, 4) is 5.82 Å². The Hall–Kier alpha value is -3.75. The molecule has 7 nitrogen and oxygen atoms in total. The largest absolute Gasteiger partial charge is 0.394 e. The Labute approximate surface area is 194 Å². The average molecular weight is 466 g/mol. The van der Waals surface area contributed by atoms with Crippen LogP contribution in [0.1, 0.15) is 27.5 Å². The molecule has 0 aliphatic heterocycles. The van der Waals surface area contributed by atoms with Gasteiger partial charge >= 0.3 is 0 Å². The number of hydrogen-bond donors (Lipinski definition) is 3. The summed E-state index contributed by atoms with van der Waals surface area (Å²) >= 11 is 6.02. The van der Waals surface area contributed by atoms with Crippen molar-refractivity contribution in [2.45, 2.75) is 13.0 Å². The van der Waals surface area contributed by atoms with Gasteiger partial charge in [-0.05, 0) is 55.0 Å². The van der Waals surface area contributed by atoms with E-state index in [0.717, 1.165) is 5.56 Å². The van der Waals surface area contributed by atoms with Gasteiger partial charge in [0, 0.05) is 34.9 Å². The number of nitrogens with zero attached hydrogens (tertiary/aromatic N) is 3. The van der Waals surface area contributed by atoms with Crippen LogP contribution in [0.4, 0.5) is 16.0 Å². The Bertz CT molecular complexity index is 1280. The topological polar surface area (TPSA) is 92.1 Å². The van der Waals surface area contributed by atoms with Gasteiger partial charge in [0.1, 0.15) is 11.6 Å². The second-order valence-corrected chi connectivity index (χ2v) is 7.84. The van der Waals surface area contributed by atoms with Crippen molar-refractivity contribution in [3.63, 3.8) is 0 Å². The van der Waals surface area contributed by atoms with Crippen molar-refractivity contribution in [1.29, 1.82) is 0 Å². The van der Waals surface area contributed by atoms with Crippen molar-refractivity contribution in [3.05, 3.63) is 101 Å². The molecule has 0 aliphatic rings. The highest BCUT2D eigenvalue weighted by atomic mass is 35.5. The molecule has 0 saturated carbocycles. The fourth-order valence-electron chi connectivity index (χ4n) is 3.28. The van der Waals surface area contributed by atoms with Gasteiger partial charge in [0.05, 0.1) is 18.2 Å². The SMILES string of the molecule is Cc1cnc(Nc2ccc(F)cc2)nc1-n1ccc(C(=O)NC(CO)c2cccc(Cl)c2)c1. The Morgan fingerprint density at radius 3 is 2.73 bits per heavy atom. The first kappa shape index (κ1) is 22.4. The van der Waals surface area contributed by atoms with E-state index in [1.807, 2.05) is 6.92 Å². The van der Waals surface area contributed by atoms with E-state index in [0.29, 0.717) is 33.6 Å². The lowest BCUT2D eigenvalue weighted by Gasteiger charge is -2.16. The number of aryl methyl sites for hydroxylation is 1. The minimum atomic E-state index is -0.591. The molecule has 33 heavy (non-hydrogen) atoms. The maximum Gasteiger partial charge on any atom is 0.253 e. The lowest BCUT2D eigenvalue weighted by molar-refractivity contribution is 0.0916. The molecule has 0 radical (unpaired) electrons. The summed E-state index contributed by atoms with van der Waals surface area (Å²) in [6.07, 6.45) is 5.03. The summed E-state index contributed by atoms with van der Waals surface area (Å²) in [5.41, 5.74) is 2.56. The Morgan fingerprint density at radius 1 is 1.21 bits per heavy atom. The van der Waals surface area contributed by atoms with Crippen LogP contribution in [-0.2, 0) is 0 Å². The van der Waals surface area contributed by atoms with E-state index < -0.39 is 6.04 Å². The molecule has 2 aromatic heterocycles. The third-order valence-corrected chi connectivity index (χ3v) is 5.22. The lowest BCUT2D eigenvalue weighted by Crippen LogP contribution is -2.30. The highest BCUT2D eigenvalue weighted by Crippen LogP contribution is 2.20. The van der Waals surface area contributed by atoms with Crippen LogP contribution in [0.15, 0.2) is 73.2 Å². The van der Waals surface area contributed by atoms with Gasteiger partial charge < -0.3 is 20.3 Å². The number of aromatic nitrogens is 3. The van der Waals surface area contributed by atoms with Crippen LogP contribution in [0.2, 0.25) is 5.02 Å². The van der Waals surface area contributed by atoms with E-state index in [4.69, 9.17) is 11.6 Å². The van der Waals surface area contributed by atoms with Gasteiger partial charge in [-0.3, -0.25) is 4.79 Å². The first-order chi connectivity index (χ1) is 15.9. The van der Waals surface area contributed by atoms with Crippen LogP contribution in [0.3, 0.4) is 0 Å². The summed E-state index contributed by atoms with van der Waals surface area (Å²) in [6.45, 7) is 1.59. The van der Waals surface area contributed by atoms with Gasteiger partial charge in [0.15, 0.2) is 0 Å². The van der Waals surface area contributed by atoms with Gasteiger partial charge in [0.2, 0.25) is 5.95 Å². The molecule has 0 bridgehead atoms. The molecule has 3 N–H and O–H groups in total. The first-order valence-electron chi connectivity index (χ1n) is 10.1. The minimum Gasteiger partial charge on any atom is -0.394 e. The number of anilines is 2. The molecule has 0 saturated heterocycles. The Morgan fingerprint density at radius 2 is 2.00 bits per heavy atom. The number of aliphatic hydroxyl groups excluding tert-OH is 1. The quantitative estimate of drug-likeness (QED) is 0.371. The summed E-state index contributed by atoms with van der Waals surface area (Å²) < 4.78 is 14.8. The molecule has 4 aromatic rings. The van der Waals surface area contributed by atoms with Gasteiger partial charge in [-0.15, -0.1) is 0 Å². The molecule has 1 atom stereocenters. The van der Waals surface area contributed by atoms with Crippen LogP contribution in [0, 0.1) is 12.7 Å². The normalized spacial score (nSPS) is 11.8. The minimum absolute atomic E-state index is 0.268. The van der Waals surface area contributed by atoms with E-state index >= 15 is 0 Å². The number of halogens is 2. The van der Waals surface area contributed by atoms with E-state index in [9.17, 15) is 14.3 Å². The number of nitrogens with one attached hydrogen (secondary N) is 2. The third kappa shape index (κ3) is 5.36. The number of aliphatic hydroxyl groups is 1. The molecular weight excluding hydrogens is 445 g/mol. The smallest absolute Gasteiger partial charge is 0.253 e. The molecule has 168 valence electrons. The standard InChI is InChI=1S/C24H21ClFN5O2/c1-15-12-27-24(28-20-7-5-19(26)6-8-20)30-22(15)31-10-9-17(13-31)23(33)29-21(14-32)16-3-2-4-18(25)11-16/h2-13,21,32H,14H2,1H3,(H,29,33)(H,27,28,30). The van der Waals surface area contributed by atoms with Crippen LogP contribution in [-0.4, -0.2) is 32.2 Å². The number of benzene rings is 2. The zero-order valence-corrected chi connectivity index (χ0v) is 18.4. The number of rotatable bonds is 7. The van der Waals surface area contributed by atoms with E-state index in [-0.39, 0.29) is 18.3 Å². The van der Waals surface area contributed by atoms with Crippen molar-refractivity contribution >= 4 is 29.1 Å². The van der Waals surface area contributed by atoms with Crippen LogP contribution in [0.5, 0.6) is 0 Å².